The minimum Gasteiger partial charge on any atom is -0.203 e. The Morgan fingerprint density at radius 3 is 1.26 bits per heavy atom. The predicted molar refractivity (Wildman–Crippen MR) is 127 cm³/mol. The Morgan fingerprint density at radius 1 is 0.548 bits per heavy atom. The smallest absolute Gasteiger partial charge is 0.200 e. The van der Waals surface area contributed by atoms with Crippen LogP contribution in [0.25, 0.3) is 5.57 Å². The Balaban J connectivity index is 2.66. The molecule has 170 valence electrons. The molecule has 0 bridgehead atoms. The van der Waals surface area contributed by atoms with Crippen LogP contribution in [-0.4, -0.2) is 24.2 Å². The fourth-order valence-electron chi connectivity index (χ4n) is 6.10. The summed E-state index contributed by atoms with van der Waals surface area (Å²) < 4.78 is 73.0. The largest absolute Gasteiger partial charge is 0.203 e. The monoisotopic (exact) mass is 486 g/mol. The summed E-state index contributed by atoms with van der Waals surface area (Å²) >= 11 is 0. The van der Waals surface area contributed by atoms with E-state index in [1.165, 1.54) is 0 Å². The molecule has 2 atom stereocenters. The fraction of sp³-hybridized carbons (Fsp3) is 0.478. The Labute approximate surface area is 185 Å². The van der Waals surface area contributed by atoms with Crippen LogP contribution in [0.15, 0.2) is 29.5 Å². The van der Waals surface area contributed by atoms with E-state index < -0.39 is 68.9 Å². The molecule has 0 heterocycles. The molecule has 3 rings (SSSR count). The predicted octanol–water partition coefficient (Wildman–Crippen LogP) is 8.31. The van der Waals surface area contributed by atoms with Crippen molar-refractivity contribution >= 4 is 29.8 Å². The highest BCUT2D eigenvalue weighted by Gasteiger charge is 2.73. The van der Waals surface area contributed by atoms with Gasteiger partial charge in [-0.1, -0.05) is 88.4 Å². The van der Waals surface area contributed by atoms with Crippen LogP contribution in [0.5, 0.6) is 0 Å². The molecule has 2 aliphatic carbocycles. The van der Waals surface area contributed by atoms with Crippen molar-refractivity contribution in [3.8, 4) is 0 Å². The minimum atomic E-state index is -2.31. The number of hydrogen-bond donors (Lipinski definition) is 0. The van der Waals surface area contributed by atoms with Crippen LogP contribution in [-0.2, 0) is 0 Å². The molecule has 0 saturated carbocycles. The van der Waals surface area contributed by atoms with Crippen molar-refractivity contribution in [1.29, 1.82) is 0 Å². The molecule has 0 saturated heterocycles. The van der Waals surface area contributed by atoms with Gasteiger partial charge in [0.05, 0.1) is 29.8 Å². The third-order valence-corrected chi connectivity index (χ3v) is 16.0. The van der Waals surface area contributed by atoms with Crippen molar-refractivity contribution < 1.29 is 22.0 Å². The molecule has 2 unspecified atom stereocenters. The van der Waals surface area contributed by atoms with Crippen molar-refractivity contribution in [2.24, 2.45) is 0 Å². The first-order valence-electron chi connectivity index (χ1n) is 10.5. The van der Waals surface area contributed by atoms with Gasteiger partial charge < -0.3 is 0 Å². The molecule has 1 aromatic carbocycles. The summed E-state index contributed by atoms with van der Waals surface area (Å²) in [7, 11) is -6.65. The van der Waals surface area contributed by atoms with Crippen molar-refractivity contribution in [1.82, 2.24) is 0 Å². The lowest BCUT2D eigenvalue weighted by Gasteiger charge is -2.72. The summed E-state index contributed by atoms with van der Waals surface area (Å²) in [5, 5.41) is -0.225. The van der Waals surface area contributed by atoms with Gasteiger partial charge in [0.25, 0.3) is 0 Å². The third kappa shape index (κ3) is 2.86. The second kappa shape index (κ2) is 6.87. The average molecular weight is 487 g/mol. The molecular formula is C23H31F5Si3. The van der Waals surface area contributed by atoms with Gasteiger partial charge in [0, 0.05) is 10.1 Å². The Morgan fingerprint density at radius 2 is 0.903 bits per heavy atom. The molecule has 0 aromatic heterocycles. The van der Waals surface area contributed by atoms with E-state index in [9.17, 15) is 13.2 Å². The van der Waals surface area contributed by atoms with E-state index in [2.05, 4.69) is 65.0 Å². The molecule has 0 aliphatic heterocycles. The highest BCUT2D eigenvalue weighted by atomic mass is 28.3. The van der Waals surface area contributed by atoms with Gasteiger partial charge >= 0.3 is 0 Å². The Bertz CT molecular complexity index is 1020. The highest BCUT2D eigenvalue weighted by Crippen LogP contribution is 2.84. The van der Waals surface area contributed by atoms with Crippen LogP contribution in [0, 0.1) is 29.1 Å². The SMILES string of the molecule is C[Si](C)(C)C1=C(c2c(F)c(F)c(F)c(F)c2F)C2([Si](C)(C)C)C=CC=CC12[Si](C)(C)C. The van der Waals surface area contributed by atoms with Gasteiger partial charge in [-0.15, -0.1) is 0 Å². The van der Waals surface area contributed by atoms with Gasteiger partial charge in [0.1, 0.15) is 0 Å². The third-order valence-electron chi connectivity index (χ3n) is 7.04. The molecular weight excluding hydrogens is 456 g/mol. The summed E-state index contributed by atoms with van der Waals surface area (Å²) in [6.45, 7) is 19.4. The first kappa shape index (κ1) is 24.4. The summed E-state index contributed by atoms with van der Waals surface area (Å²) in [6.07, 6.45) is 8.06. The van der Waals surface area contributed by atoms with Gasteiger partial charge in [-0.2, -0.15) is 0 Å². The number of hydrogen-bond acceptors (Lipinski definition) is 0. The van der Waals surface area contributed by atoms with E-state index in [0.29, 0.717) is 5.57 Å². The van der Waals surface area contributed by atoms with Crippen molar-refractivity contribution in [2.75, 3.05) is 0 Å². The Kier molecular flexibility index (Phi) is 5.40. The number of fused-ring (bicyclic) bond motifs is 1. The normalized spacial score (nSPS) is 26.3. The zero-order valence-electron chi connectivity index (χ0n) is 19.7. The number of halogens is 5. The molecule has 0 nitrogen and oxygen atoms in total. The van der Waals surface area contributed by atoms with E-state index in [4.69, 9.17) is 0 Å². The molecule has 0 N–H and O–H groups in total. The second-order valence-corrected chi connectivity index (χ2v) is 27.4. The van der Waals surface area contributed by atoms with E-state index in [-0.39, 0.29) is 0 Å². The van der Waals surface area contributed by atoms with Gasteiger partial charge in [-0.3, -0.25) is 0 Å². The maximum absolute atomic E-state index is 15.2. The van der Waals surface area contributed by atoms with E-state index in [1.807, 2.05) is 18.2 Å². The quantitative estimate of drug-likeness (QED) is 0.174. The van der Waals surface area contributed by atoms with Crippen molar-refractivity contribution in [3.05, 3.63) is 64.2 Å². The molecule has 1 aromatic rings. The van der Waals surface area contributed by atoms with Gasteiger partial charge in [0.2, 0.25) is 5.82 Å². The lowest BCUT2D eigenvalue weighted by molar-refractivity contribution is 0.374. The highest BCUT2D eigenvalue weighted by molar-refractivity contribution is 6.96. The van der Waals surface area contributed by atoms with Crippen LogP contribution in [0.3, 0.4) is 0 Å². The fourth-order valence-corrected chi connectivity index (χ4v) is 19.2. The molecule has 0 amide bonds. The minimum absolute atomic E-state index is 0.363. The van der Waals surface area contributed by atoms with Crippen LogP contribution in [0.4, 0.5) is 22.0 Å². The number of benzene rings is 1. The van der Waals surface area contributed by atoms with Gasteiger partial charge in [0.15, 0.2) is 23.3 Å². The topological polar surface area (TPSA) is 0 Å². The van der Waals surface area contributed by atoms with Crippen LogP contribution >= 0.6 is 0 Å². The molecule has 0 radical (unpaired) electrons. The summed E-state index contributed by atoms with van der Waals surface area (Å²) in [4.78, 5) is 0. The molecule has 8 heteroatoms. The van der Waals surface area contributed by atoms with Crippen LogP contribution in [0.1, 0.15) is 5.56 Å². The van der Waals surface area contributed by atoms with E-state index >= 15 is 8.78 Å². The van der Waals surface area contributed by atoms with Gasteiger partial charge in [-0.25, -0.2) is 22.0 Å². The second-order valence-electron chi connectivity index (χ2n) is 11.8. The van der Waals surface area contributed by atoms with Crippen LogP contribution in [0.2, 0.25) is 69.0 Å². The summed E-state index contributed by atoms with van der Waals surface area (Å²) in [6, 6.07) is 0. The first-order valence-corrected chi connectivity index (χ1v) is 21.0. The van der Waals surface area contributed by atoms with Crippen molar-refractivity contribution in [2.45, 2.75) is 69.0 Å². The molecule has 31 heavy (non-hydrogen) atoms. The molecule has 0 fully saturated rings. The maximum atomic E-state index is 15.2. The zero-order chi connectivity index (χ0) is 23.9. The van der Waals surface area contributed by atoms with Crippen molar-refractivity contribution in [3.63, 3.8) is 0 Å². The van der Waals surface area contributed by atoms with Crippen LogP contribution < -0.4 is 0 Å². The lowest BCUT2D eigenvalue weighted by atomic mass is 9.66. The van der Waals surface area contributed by atoms with Gasteiger partial charge in [-0.05, 0) is 5.57 Å². The molecule has 2 aliphatic rings. The lowest BCUT2D eigenvalue weighted by Crippen LogP contribution is -2.66. The maximum Gasteiger partial charge on any atom is 0.200 e. The average Bonchev–Trinajstić information content (AvgIpc) is 2.58. The Hall–Kier alpha value is -1.26. The number of rotatable bonds is 4. The van der Waals surface area contributed by atoms with E-state index in [0.717, 1.165) is 5.20 Å². The van der Waals surface area contributed by atoms with E-state index in [1.54, 1.807) is 0 Å². The number of allylic oxidation sites excluding steroid dienone is 6. The first-order chi connectivity index (χ1) is 13.9. The zero-order valence-corrected chi connectivity index (χ0v) is 22.7. The summed E-state index contributed by atoms with van der Waals surface area (Å²) in [5.41, 5.74) is -0.355. The standard InChI is InChI=1S/C23H31F5Si3/c1-29(2,3)21-15(14-16(24)18(26)20(28)19(27)17(14)25)22(30(4,5)6)12-10-11-13-23(21,22)31(7,8)9/h10-13H,1-9H3. The summed E-state index contributed by atoms with van der Waals surface area (Å²) in [5.74, 6) is -9.28. The molecule has 0 spiro atoms.